The third-order valence-corrected chi connectivity index (χ3v) is 3.97. The molecule has 2 aromatic carbocycles. The van der Waals surface area contributed by atoms with Gasteiger partial charge in [0.25, 0.3) is 5.91 Å². The fourth-order valence-electron chi connectivity index (χ4n) is 2.28. The van der Waals surface area contributed by atoms with Gasteiger partial charge in [0, 0.05) is 15.4 Å². The first-order valence-corrected chi connectivity index (χ1v) is 7.61. The van der Waals surface area contributed by atoms with Gasteiger partial charge in [0.05, 0.1) is 6.21 Å². The number of carbonyl (C=O) groups excluding carboxylic acids is 1. The maximum Gasteiger partial charge on any atom is 0.288 e. The predicted octanol–water partition coefficient (Wildman–Crippen LogP) is 4.00. The van der Waals surface area contributed by atoms with Crippen LogP contribution in [0.5, 0.6) is 0 Å². The first-order valence-electron chi connectivity index (χ1n) is 6.81. The SMILES string of the molecule is Cc1c(C(=O)N/N=C\c2ccc(Br)cc2)[nH]c2ccccc12. The van der Waals surface area contributed by atoms with Gasteiger partial charge in [0.15, 0.2) is 0 Å². The number of halogens is 1. The molecule has 4 nitrogen and oxygen atoms in total. The molecule has 1 amide bonds. The number of aryl methyl sites for hydroxylation is 1. The molecule has 0 bridgehead atoms. The number of hydrazone groups is 1. The molecule has 0 aliphatic carbocycles. The van der Waals surface area contributed by atoms with Crippen LogP contribution in [0.15, 0.2) is 58.1 Å². The zero-order chi connectivity index (χ0) is 15.5. The minimum Gasteiger partial charge on any atom is -0.350 e. The Kier molecular flexibility index (Phi) is 4.06. The topological polar surface area (TPSA) is 57.2 Å². The van der Waals surface area contributed by atoms with Gasteiger partial charge in [-0.2, -0.15) is 5.10 Å². The zero-order valence-electron chi connectivity index (χ0n) is 11.9. The van der Waals surface area contributed by atoms with Crippen LogP contribution in [0.25, 0.3) is 10.9 Å². The van der Waals surface area contributed by atoms with Crippen LogP contribution in [0.3, 0.4) is 0 Å². The molecule has 0 saturated heterocycles. The highest BCUT2D eigenvalue weighted by molar-refractivity contribution is 9.10. The van der Waals surface area contributed by atoms with Crippen LogP contribution in [0, 0.1) is 6.92 Å². The number of H-pyrrole nitrogens is 1. The molecule has 0 unspecified atom stereocenters. The standard InChI is InChI=1S/C17H14BrN3O/c1-11-14-4-2-3-5-15(14)20-16(11)17(22)21-19-10-12-6-8-13(18)9-7-12/h2-10,20H,1H3,(H,21,22)/b19-10-. The lowest BCUT2D eigenvalue weighted by atomic mass is 10.1. The Hall–Kier alpha value is -2.40. The van der Waals surface area contributed by atoms with Gasteiger partial charge in [-0.1, -0.05) is 46.3 Å². The second-order valence-corrected chi connectivity index (χ2v) is 5.84. The first-order chi connectivity index (χ1) is 10.6. The van der Waals surface area contributed by atoms with Crippen LogP contribution < -0.4 is 5.43 Å². The first kappa shape index (κ1) is 14.5. The lowest BCUT2D eigenvalue weighted by molar-refractivity contribution is 0.0950. The molecule has 5 heteroatoms. The number of nitrogens with one attached hydrogen (secondary N) is 2. The summed E-state index contributed by atoms with van der Waals surface area (Å²) in [4.78, 5) is 15.3. The molecule has 0 aliphatic heterocycles. The molecule has 3 aromatic rings. The Balaban J connectivity index is 1.76. The molecule has 0 saturated carbocycles. The molecular formula is C17H14BrN3O. The van der Waals surface area contributed by atoms with Gasteiger partial charge in [-0.25, -0.2) is 5.43 Å². The number of benzene rings is 2. The van der Waals surface area contributed by atoms with Crippen LogP contribution >= 0.6 is 15.9 Å². The summed E-state index contributed by atoms with van der Waals surface area (Å²) >= 11 is 3.37. The van der Waals surface area contributed by atoms with E-state index in [0.29, 0.717) is 5.69 Å². The number of hydrogen-bond donors (Lipinski definition) is 2. The molecule has 0 radical (unpaired) electrons. The summed E-state index contributed by atoms with van der Waals surface area (Å²) in [6, 6.07) is 15.5. The Labute approximate surface area is 136 Å². The highest BCUT2D eigenvalue weighted by Crippen LogP contribution is 2.21. The molecule has 1 heterocycles. The Bertz CT molecular complexity index is 850. The fourth-order valence-corrected chi connectivity index (χ4v) is 2.54. The average molecular weight is 356 g/mol. The number of amides is 1. The number of carbonyl (C=O) groups is 1. The zero-order valence-corrected chi connectivity index (χ0v) is 13.5. The second kappa shape index (κ2) is 6.15. The summed E-state index contributed by atoms with van der Waals surface area (Å²) in [5.41, 5.74) is 5.87. The van der Waals surface area contributed by atoms with Gasteiger partial charge in [-0.15, -0.1) is 0 Å². The smallest absolute Gasteiger partial charge is 0.288 e. The maximum absolute atomic E-state index is 12.2. The maximum atomic E-state index is 12.2. The molecule has 110 valence electrons. The van der Waals surface area contributed by atoms with Crippen molar-refractivity contribution in [3.8, 4) is 0 Å². The van der Waals surface area contributed by atoms with E-state index in [9.17, 15) is 4.79 Å². The number of rotatable bonds is 3. The Morgan fingerprint density at radius 1 is 1.18 bits per heavy atom. The number of para-hydroxylation sites is 1. The van der Waals surface area contributed by atoms with Crippen molar-refractivity contribution in [1.29, 1.82) is 0 Å². The fraction of sp³-hybridized carbons (Fsp3) is 0.0588. The highest BCUT2D eigenvalue weighted by Gasteiger charge is 2.13. The molecule has 0 spiro atoms. The highest BCUT2D eigenvalue weighted by atomic mass is 79.9. The third kappa shape index (κ3) is 2.94. The summed E-state index contributed by atoms with van der Waals surface area (Å²) in [6.07, 6.45) is 1.61. The van der Waals surface area contributed by atoms with Crippen molar-refractivity contribution in [2.75, 3.05) is 0 Å². The van der Waals surface area contributed by atoms with Crippen molar-refractivity contribution >= 4 is 39.0 Å². The second-order valence-electron chi connectivity index (χ2n) is 4.92. The molecule has 0 fully saturated rings. The molecule has 2 N–H and O–H groups in total. The van der Waals surface area contributed by atoms with Gasteiger partial charge in [-0.3, -0.25) is 4.79 Å². The summed E-state index contributed by atoms with van der Waals surface area (Å²) in [5, 5.41) is 5.04. The summed E-state index contributed by atoms with van der Waals surface area (Å²) < 4.78 is 1.00. The molecule has 22 heavy (non-hydrogen) atoms. The van der Waals surface area contributed by atoms with E-state index < -0.39 is 0 Å². The number of hydrogen-bond acceptors (Lipinski definition) is 2. The Morgan fingerprint density at radius 2 is 1.91 bits per heavy atom. The van der Waals surface area contributed by atoms with Crippen molar-refractivity contribution in [3.05, 3.63) is 69.8 Å². The van der Waals surface area contributed by atoms with E-state index >= 15 is 0 Å². The van der Waals surface area contributed by atoms with E-state index in [0.717, 1.165) is 26.5 Å². The summed E-state index contributed by atoms with van der Waals surface area (Å²) in [7, 11) is 0. The van der Waals surface area contributed by atoms with E-state index in [4.69, 9.17) is 0 Å². The third-order valence-electron chi connectivity index (χ3n) is 3.44. The van der Waals surface area contributed by atoms with Gasteiger partial charge < -0.3 is 4.98 Å². The number of fused-ring (bicyclic) bond motifs is 1. The van der Waals surface area contributed by atoms with E-state index in [-0.39, 0.29) is 5.91 Å². The van der Waals surface area contributed by atoms with Crippen molar-refractivity contribution in [2.24, 2.45) is 5.10 Å². The normalized spacial score (nSPS) is 11.2. The van der Waals surface area contributed by atoms with Crippen molar-refractivity contribution < 1.29 is 4.79 Å². The molecule has 0 aliphatic rings. The van der Waals surface area contributed by atoms with Crippen LogP contribution in [-0.2, 0) is 0 Å². The van der Waals surface area contributed by atoms with Gasteiger partial charge >= 0.3 is 0 Å². The average Bonchev–Trinajstić information content (AvgIpc) is 2.87. The minimum atomic E-state index is -0.248. The van der Waals surface area contributed by atoms with E-state index in [1.165, 1.54) is 0 Å². The number of nitrogens with zero attached hydrogens (tertiary/aromatic N) is 1. The van der Waals surface area contributed by atoms with Crippen molar-refractivity contribution in [3.63, 3.8) is 0 Å². The van der Waals surface area contributed by atoms with E-state index in [1.54, 1.807) is 6.21 Å². The summed E-state index contributed by atoms with van der Waals surface area (Å²) in [5.74, 6) is -0.248. The largest absolute Gasteiger partial charge is 0.350 e. The summed E-state index contributed by atoms with van der Waals surface area (Å²) in [6.45, 7) is 1.92. The van der Waals surface area contributed by atoms with Crippen LogP contribution in [0.2, 0.25) is 0 Å². The molecule has 1 aromatic heterocycles. The van der Waals surface area contributed by atoms with Crippen molar-refractivity contribution in [2.45, 2.75) is 6.92 Å². The van der Waals surface area contributed by atoms with Crippen molar-refractivity contribution in [1.82, 2.24) is 10.4 Å². The van der Waals surface area contributed by atoms with Gasteiger partial charge in [0.2, 0.25) is 0 Å². The monoisotopic (exact) mass is 355 g/mol. The predicted molar refractivity (Wildman–Crippen MR) is 92.2 cm³/mol. The molecule has 3 rings (SSSR count). The quantitative estimate of drug-likeness (QED) is 0.541. The lowest BCUT2D eigenvalue weighted by Crippen LogP contribution is -2.18. The lowest BCUT2D eigenvalue weighted by Gasteiger charge is -1.99. The van der Waals surface area contributed by atoms with Gasteiger partial charge in [0.1, 0.15) is 5.69 Å². The van der Waals surface area contributed by atoms with Crippen LogP contribution in [-0.4, -0.2) is 17.1 Å². The number of aromatic nitrogens is 1. The number of aromatic amines is 1. The Morgan fingerprint density at radius 3 is 2.64 bits per heavy atom. The van der Waals surface area contributed by atoms with E-state index in [1.807, 2.05) is 55.5 Å². The molecule has 0 atom stereocenters. The van der Waals surface area contributed by atoms with Crippen LogP contribution in [0.4, 0.5) is 0 Å². The van der Waals surface area contributed by atoms with Gasteiger partial charge in [-0.05, 0) is 36.2 Å². The van der Waals surface area contributed by atoms with Crippen LogP contribution in [0.1, 0.15) is 21.6 Å². The minimum absolute atomic E-state index is 0.248. The molecular weight excluding hydrogens is 342 g/mol. The van der Waals surface area contributed by atoms with E-state index in [2.05, 4.69) is 31.4 Å².